The molecule has 0 aromatic rings. The Labute approximate surface area is 104 Å². The van der Waals surface area contributed by atoms with E-state index in [1.165, 1.54) is 0 Å². The molecule has 1 heterocycles. The molecule has 1 fully saturated rings. The molecule has 5 nitrogen and oxygen atoms in total. The Morgan fingerprint density at radius 1 is 1.35 bits per heavy atom. The predicted molar refractivity (Wildman–Crippen MR) is 67.6 cm³/mol. The standard InChI is InChI=1S/C12H25N3O2/c1-4-10(13)11(16)15-7-5-14(6-8-15)9-12(2,3)17/h10,17H,4-9,13H2,1-3H3/t10-/m0/s1. The van der Waals surface area contributed by atoms with Gasteiger partial charge in [-0.05, 0) is 20.3 Å². The molecule has 0 aromatic carbocycles. The highest BCUT2D eigenvalue weighted by Gasteiger charge is 2.26. The van der Waals surface area contributed by atoms with Crippen LogP contribution in [0.4, 0.5) is 0 Å². The van der Waals surface area contributed by atoms with Crippen LogP contribution in [0.25, 0.3) is 0 Å². The number of hydrogen-bond acceptors (Lipinski definition) is 4. The SMILES string of the molecule is CC[C@H](N)C(=O)N1CCN(CC(C)(C)O)CC1. The first-order chi connectivity index (χ1) is 7.83. The summed E-state index contributed by atoms with van der Waals surface area (Å²) in [5.74, 6) is 0.0513. The second-order valence-electron chi connectivity index (χ2n) is 5.43. The second kappa shape index (κ2) is 5.80. The van der Waals surface area contributed by atoms with Crippen molar-refractivity contribution in [2.75, 3.05) is 32.7 Å². The van der Waals surface area contributed by atoms with Crippen LogP contribution in [-0.2, 0) is 4.79 Å². The molecule has 0 bridgehead atoms. The number of aliphatic hydroxyl groups is 1. The van der Waals surface area contributed by atoms with Crippen LogP contribution in [0.5, 0.6) is 0 Å². The largest absolute Gasteiger partial charge is 0.389 e. The Balaban J connectivity index is 2.38. The lowest BCUT2D eigenvalue weighted by Gasteiger charge is -2.38. The minimum absolute atomic E-state index is 0.0513. The van der Waals surface area contributed by atoms with Gasteiger partial charge in [-0.15, -0.1) is 0 Å². The van der Waals surface area contributed by atoms with Gasteiger partial charge < -0.3 is 15.7 Å². The first-order valence-corrected chi connectivity index (χ1v) is 6.32. The van der Waals surface area contributed by atoms with Crippen molar-refractivity contribution < 1.29 is 9.90 Å². The molecule has 1 saturated heterocycles. The normalized spacial score (nSPS) is 20.4. The van der Waals surface area contributed by atoms with E-state index in [2.05, 4.69) is 4.90 Å². The average Bonchev–Trinajstić information content (AvgIpc) is 2.26. The number of hydrogen-bond donors (Lipinski definition) is 2. The van der Waals surface area contributed by atoms with Gasteiger partial charge in [0.25, 0.3) is 0 Å². The zero-order valence-corrected chi connectivity index (χ0v) is 11.1. The predicted octanol–water partition coefficient (Wildman–Crippen LogP) is -0.361. The van der Waals surface area contributed by atoms with Crippen LogP contribution in [0.2, 0.25) is 0 Å². The summed E-state index contributed by atoms with van der Waals surface area (Å²) in [5, 5.41) is 9.73. The van der Waals surface area contributed by atoms with Crippen molar-refractivity contribution in [3.8, 4) is 0 Å². The maximum absolute atomic E-state index is 11.9. The molecule has 0 unspecified atom stereocenters. The maximum atomic E-state index is 11.9. The van der Waals surface area contributed by atoms with Gasteiger partial charge in [0.1, 0.15) is 0 Å². The lowest BCUT2D eigenvalue weighted by Crippen LogP contribution is -2.55. The zero-order chi connectivity index (χ0) is 13.1. The smallest absolute Gasteiger partial charge is 0.239 e. The quantitative estimate of drug-likeness (QED) is 0.707. The van der Waals surface area contributed by atoms with Crippen LogP contribution in [0, 0.1) is 0 Å². The summed E-state index contributed by atoms with van der Waals surface area (Å²) >= 11 is 0. The summed E-state index contributed by atoms with van der Waals surface area (Å²) in [6.45, 7) is 9.22. The van der Waals surface area contributed by atoms with E-state index in [4.69, 9.17) is 5.73 Å². The molecule has 17 heavy (non-hydrogen) atoms. The fraction of sp³-hybridized carbons (Fsp3) is 0.917. The summed E-state index contributed by atoms with van der Waals surface area (Å²) in [4.78, 5) is 15.9. The Morgan fingerprint density at radius 2 is 1.88 bits per heavy atom. The summed E-state index contributed by atoms with van der Waals surface area (Å²) in [7, 11) is 0. The van der Waals surface area contributed by atoms with E-state index < -0.39 is 5.60 Å². The number of β-amino-alcohol motifs (C(OH)–C–C–N with tert-alkyl or cyclic N) is 1. The van der Waals surface area contributed by atoms with E-state index in [1.54, 1.807) is 13.8 Å². The molecule has 0 spiro atoms. The number of carbonyl (C=O) groups is 1. The fourth-order valence-electron chi connectivity index (χ4n) is 2.08. The summed E-state index contributed by atoms with van der Waals surface area (Å²) in [6, 6.07) is -0.365. The molecule has 0 aromatic heterocycles. The van der Waals surface area contributed by atoms with Crippen LogP contribution < -0.4 is 5.73 Å². The molecule has 5 heteroatoms. The Bertz CT molecular complexity index is 255. The topological polar surface area (TPSA) is 69.8 Å². The maximum Gasteiger partial charge on any atom is 0.239 e. The van der Waals surface area contributed by atoms with E-state index in [9.17, 15) is 9.90 Å². The number of nitrogens with two attached hydrogens (primary N) is 1. The number of rotatable bonds is 4. The number of amides is 1. The zero-order valence-electron chi connectivity index (χ0n) is 11.1. The van der Waals surface area contributed by atoms with Gasteiger partial charge in [-0.2, -0.15) is 0 Å². The summed E-state index contributed by atoms with van der Waals surface area (Å²) in [5.41, 5.74) is 5.06. The third kappa shape index (κ3) is 4.61. The van der Waals surface area contributed by atoms with Crippen molar-refractivity contribution in [3.63, 3.8) is 0 Å². The molecule has 1 aliphatic rings. The first-order valence-electron chi connectivity index (χ1n) is 6.32. The number of carbonyl (C=O) groups excluding carboxylic acids is 1. The molecule has 0 saturated carbocycles. The van der Waals surface area contributed by atoms with Gasteiger partial charge in [0.05, 0.1) is 11.6 Å². The molecule has 1 atom stereocenters. The van der Waals surface area contributed by atoms with Gasteiger partial charge >= 0.3 is 0 Å². The van der Waals surface area contributed by atoms with Crippen molar-refractivity contribution in [1.29, 1.82) is 0 Å². The Kier molecular flexibility index (Phi) is 4.91. The van der Waals surface area contributed by atoms with Crippen molar-refractivity contribution in [2.24, 2.45) is 5.73 Å². The molecule has 0 aliphatic carbocycles. The lowest BCUT2D eigenvalue weighted by molar-refractivity contribution is -0.134. The fourth-order valence-corrected chi connectivity index (χ4v) is 2.08. The third-order valence-electron chi connectivity index (χ3n) is 3.05. The molecule has 1 aliphatic heterocycles. The van der Waals surface area contributed by atoms with Crippen molar-refractivity contribution >= 4 is 5.91 Å². The van der Waals surface area contributed by atoms with Gasteiger partial charge in [0.2, 0.25) is 5.91 Å². The van der Waals surface area contributed by atoms with Gasteiger partial charge in [-0.1, -0.05) is 6.92 Å². The highest BCUT2D eigenvalue weighted by molar-refractivity contribution is 5.81. The van der Waals surface area contributed by atoms with E-state index in [0.29, 0.717) is 26.1 Å². The molecule has 0 radical (unpaired) electrons. The monoisotopic (exact) mass is 243 g/mol. The minimum Gasteiger partial charge on any atom is -0.389 e. The van der Waals surface area contributed by atoms with Gasteiger partial charge in [0, 0.05) is 32.7 Å². The Morgan fingerprint density at radius 3 is 2.29 bits per heavy atom. The van der Waals surface area contributed by atoms with Crippen molar-refractivity contribution in [1.82, 2.24) is 9.80 Å². The molecular weight excluding hydrogens is 218 g/mol. The number of nitrogens with zero attached hydrogens (tertiary/aromatic N) is 2. The third-order valence-corrected chi connectivity index (χ3v) is 3.05. The van der Waals surface area contributed by atoms with Gasteiger partial charge in [-0.25, -0.2) is 0 Å². The first kappa shape index (κ1) is 14.4. The van der Waals surface area contributed by atoms with Crippen molar-refractivity contribution in [3.05, 3.63) is 0 Å². The van der Waals surface area contributed by atoms with Crippen LogP contribution in [-0.4, -0.2) is 65.2 Å². The van der Waals surface area contributed by atoms with Gasteiger partial charge in [0.15, 0.2) is 0 Å². The van der Waals surface area contributed by atoms with Crippen molar-refractivity contribution in [2.45, 2.75) is 38.8 Å². The lowest BCUT2D eigenvalue weighted by atomic mass is 10.1. The summed E-state index contributed by atoms with van der Waals surface area (Å²) in [6.07, 6.45) is 0.683. The average molecular weight is 243 g/mol. The van der Waals surface area contributed by atoms with E-state index in [-0.39, 0.29) is 11.9 Å². The van der Waals surface area contributed by atoms with Crippen LogP contribution in [0.3, 0.4) is 0 Å². The number of piperazine rings is 1. The summed E-state index contributed by atoms with van der Waals surface area (Å²) < 4.78 is 0. The molecule has 1 rings (SSSR count). The van der Waals surface area contributed by atoms with Crippen LogP contribution >= 0.6 is 0 Å². The molecule has 1 amide bonds. The molecular formula is C12H25N3O2. The van der Waals surface area contributed by atoms with E-state index in [1.807, 2.05) is 11.8 Å². The highest BCUT2D eigenvalue weighted by Crippen LogP contribution is 2.09. The van der Waals surface area contributed by atoms with Gasteiger partial charge in [-0.3, -0.25) is 9.69 Å². The molecule has 100 valence electrons. The van der Waals surface area contributed by atoms with E-state index >= 15 is 0 Å². The molecule has 3 N–H and O–H groups in total. The minimum atomic E-state index is -0.675. The second-order valence-corrected chi connectivity index (χ2v) is 5.43. The van der Waals surface area contributed by atoms with Crippen LogP contribution in [0.15, 0.2) is 0 Å². The van der Waals surface area contributed by atoms with Crippen LogP contribution in [0.1, 0.15) is 27.2 Å². The highest BCUT2D eigenvalue weighted by atomic mass is 16.3. The van der Waals surface area contributed by atoms with E-state index in [0.717, 1.165) is 13.1 Å². The Hall–Kier alpha value is -0.650.